The molecule has 0 fully saturated rings. The number of hydrogen-bond acceptors (Lipinski definition) is 0. The molecule has 0 aliphatic heterocycles. The summed E-state index contributed by atoms with van der Waals surface area (Å²) in [4.78, 5) is 0. The van der Waals surface area contributed by atoms with Crippen molar-refractivity contribution in [3.05, 3.63) is 147 Å². The second-order valence-corrected chi connectivity index (χ2v) is 21.7. The van der Waals surface area contributed by atoms with Gasteiger partial charge in [0.05, 0.1) is 8.07 Å². The van der Waals surface area contributed by atoms with Crippen LogP contribution in [-0.2, 0) is 41.5 Å². The summed E-state index contributed by atoms with van der Waals surface area (Å²) < 4.78 is 1.42. The third-order valence-corrected chi connectivity index (χ3v) is 12.3. The van der Waals surface area contributed by atoms with E-state index < -0.39 is 8.07 Å². The molecule has 4 aromatic rings. The quantitative estimate of drug-likeness (QED) is 0.132. The predicted molar refractivity (Wildman–Crippen MR) is 191 cm³/mol. The van der Waals surface area contributed by atoms with E-state index in [0.29, 0.717) is 0 Å². The van der Waals surface area contributed by atoms with Gasteiger partial charge in [0.25, 0.3) is 0 Å². The van der Waals surface area contributed by atoms with Gasteiger partial charge in [-0.25, -0.2) is 0 Å². The van der Waals surface area contributed by atoms with Crippen LogP contribution in [0.3, 0.4) is 0 Å². The topological polar surface area (TPSA) is 0 Å². The Bertz CT molecular complexity index is 1690. The molecule has 2 aliphatic carbocycles. The Morgan fingerprint density at radius 2 is 1.32 bits per heavy atom. The SMILES string of the molecule is CC(C)(C)c1ccc2c(c1)-c1cc(C(C)(C)C)c(C3=CC([Si](C)(C)C)=CC3)[c-]c1C2.[Zr]=[C](c1ccccc1)c1ccccc1. The minimum atomic E-state index is -1.29. The summed E-state index contributed by atoms with van der Waals surface area (Å²) in [7, 11) is -1.29. The van der Waals surface area contributed by atoms with Crippen molar-refractivity contribution >= 4 is 16.9 Å². The van der Waals surface area contributed by atoms with Crippen LogP contribution in [-0.4, -0.2) is 11.3 Å². The molecule has 4 aromatic carbocycles. The fourth-order valence-electron chi connectivity index (χ4n) is 6.05. The Labute approximate surface area is 282 Å². The van der Waals surface area contributed by atoms with Gasteiger partial charge in [-0.1, -0.05) is 102 Å². The molecule has 0 spiro atoms. The summed E-state index contributed by atoms with van der Waals surface area (Å²) in [5.41, 5.74) is 14.2. The number of hydrogen-bond donors (Lipinski definition) is 0. The van der Waals surface area contributed by atoms with Crippen LogP contribution >= 0.6 is 0 Å². The first-order chi connectivity index (χ1) is 20.6. The van der Waals surface area contributed by atoms with Gasteiger partial charge in [0.2, 0.25) is 0 Å². The van der Waals surface area contributed by atoms with Crippen molar-refractivity contribution in [2.45, 2.75) is 84.9 Å². The fraction of sp³-hybridized carbons (Fsp3) is 0.310. The first kappa shape index (κ1) is 32.7. The monoisotopic (exact) mass is 669 g/mol. The molecule has 44 heavy (non-hydrogen) atoms. The second kappa shape index (κ2) is 12.6. The van der Waals surface area contributed by atoms with Gasteiger partial charge in [0.1, 0.15) is 0 Å². The van der Waals surface area contributed by atoms with Crippen LogP contribution in [0.15, 0.2) is 102 Å². The molecule has 0 N–H and O–H groups in total. The van der Waals surface area contributed by atoms with Gasteiger partial charge in [-0.2, -0.15) is 0 Å². The van der Waals surface area contributed by atoms with Gasteiger partial charge in [0.15, 0.2) is 0 Å². The Kier molecular flexibility index (Phi) is 9.38. The molecule has 6 rings (SSSR count). The third-order valence-electron chi connectivity index (χ3n) is 8.78. The van der Waals surface area contributed by atoms with Gasteiger partial charge in [-0.3, -0.25) is 0 Å². The van der Waals surface area contributed by atoms with Crippen LogP contribution in [0.4, 0.5) is 0 Å². The van der Waals surface area contributed by atoms with E-state index in [4.69, 9.17) is 0 Å². The van der Waals surface area contributed by atoms with Gasteiger partial charge in [0, 0.05) is 0 Å². The molecule has 0 radical (unpaired) electrons. The van der Waals surface area contributed by atoms with Gasteiger partial charge in [-0.15, -0.1) is 40.5 Å². The zero-order chi connectivity index (χ0) is 31.9. The van der Waals surface area contributed by atoms with E-state index in [1.165, 1.54) is 83.1 Å². The van der Waals surface area contributed by atoms with E-state index >= 15 is 0 Å². The summed E-state index contributed by atoms with van der Waals surface area (Å²) in [6.07, 6.45) is 7.02. The van der Waals surface area contributed by atoms with Crippen molar-refractivity contribution in [1.82, 2.24) is 0 Å². The summed E-state index contributed by atoms with van der Waals surface area (Å²) >= 11 is 1.46. The number of allylic oxidation sites excluding steroid dienone is 4. The van der Waals surface area contributed by atoms with Crippen molar-refractivity contribution in [2.24, 2.45) is 0 Å². The van der Waals surface area contributed by atoms with Crippen LogP contribution in [0.5, 0.6) is 0 Å². The molecule has 0 aromatic heterocycles. The average Bonchev–Trinajstić information content (AvgIpc) is 3.61. The molecule has 2 heteroatoms. The van der Waals surface area contributed by atoms with Crippen molar-refractivity contribution in [1.29, 1.82) is 0 Å². The summed E-state index contributed by atoms with van der Waals surface area (Å²) in [5, 5.41) is 1.59. The van der Waals surface area contributed by atoms with Crippen molar-refractivity contribution in [3.63, 3.8) is 0 Å². The molecular formula is C42H47SiZr-. The molecule has 0 nitrogen and oxygen atoms in total. The minimum absolute atomic E-state index is 0.0913. The first-order valence-electron chi connectivity index (χ1n) is 16.0. The molecular weight excluding hydrogens is 624 g/mol. The maximum atomic E-state index is 3.93. The van der Waals surface area contributed by atoms with E-state index in [9.17, 15) is 0 Å². The Morgan fingerprint density at radius 1 is 0.727 bits per heavy atom. The second-order valence-electron chi connectivity index (χ2n) is 15.4. The van der Waals surface area contributed by atoms with E-state index in [1.54, 1.807) is 5.20 Å². The Hall–Kier alpha value is -2.67. The van der Waals surface area contributed by atoms with Gasteiger partial charge >= 0.3 is 99.2 Å². The third kappa shape index (κ3) is 7.24. The molecule has 224 valence electrons. The van der Waals surface area contributed by atoms with E-state index in [2.05, 4.69) is 164 Å². The number of fused-ring (bicyclic) bond motifs is 3. The molecule has 0 heterocycles. The molecule has 0 saturated heterocycles. The normalized spacial score (nSPS) is 14.2. The van der Waals surface area contributed by atoms with Crippen molar-refractivity contribution < 1.29 is 24.2 Å². The molecule has 0 atom stereocenters. The van der Waals surface area contributed by atoms with Crippen LogP contribution in [0.25, 0.3) is 16.7 Å². The fourth-order valence-corrected chi connectivity index (χ4v) is 8.19. The van der Waals surface area contributed by atoms with Gasteiger partial charge in [-0.05, 0) is 34.8 Å². The van der Waals surface area contributed by atoms with Crippen molar-refractivity contribution in [2.75, 3.05) is 0 Å². The predicted octanol–water partition coefficient (Wildman–Crippen LogP) is 11.0. The zero-order valence-electron chi connectivity index (χ0n) is 28.2. The van der Waals surface area contributed by atoms with Crippen LogP contribution < -0.4 is 0 Å². The molecule has 2 aliphatic rings. The Morgan fingerprint density at radius 3 is 1.82 bits per heavy atom. The van der Waals surface area contributed by atoms with Crippen LogP contribution in [0, 0.1) is 6.07 Å². The molecule has 0 bridgehead atoms. The van der Waals surface area contributed by atoms with Crippen LogP contribution in [0.2, 0.25) is 19.6 Å². The molecule has 0 saturated carbocycles. The number of benzene rings is 4. The zero-order valence-corrected chi connectivity index (χ0v) is 31.6. The molecule has 0 unspecified atom stereocenters. The summed E-state index contributed by atoms with van der Waals surface area (Å²) in [6, 6.07) is 34.6. The van der Waals surface area contributed by atoms with Gasteiger partial charge < -0.3 is 0 Å². The standard InChI is InChI=1S/C29H37Si.C13H10.Zr/c1-28(2,3)22-12-10-19-14-21-16-26(20-11-13-23(15-20)30(7,8)9)27(29(4,5)6)18-25(21)24(19)17-22;1-3-7-12(8-4-1)11-13-9-5-2-6-10-13;/h10,12-13,15,17-18H,11,14H2,1-9H3;1-10H;/q-1;;. The van der Waals surface area contributed by atoms with E-state index in [-0.39, 0.29) is 10.8 Å². The number of rotatable bonds is 4. The summed E-state index contributed by atoms with van der Waals surface area (Å²) in [5.74, 6) is 0. The average molecular weight is 671 g/mol. The first-order valence-corrected chi connectivity index (χ1v) is 20.7. The maximum absolute atomic E-state index is 3.93. The Balaban J connectivity index is 0.000000229. The van der Waals surface area contributed by atoms with Crippen molar-refractivity contribution in [3.8, 4) is 11.1 Å². The summed E-state index contributed by atoms with van der Waals surface area (Å²) in [6.45, 7) is 21.3. The molecule has 0 amide bonds. The van der Waals surface area contributed by atoms with Crippen LogP contribution in [0.1, 0.15) is 86.9 Å². The van der Waals surface area contributed by atoms with E-state index in [0.717, 1.165) is 12.8 Å². The van der Waals surface area contributed by atoms with E-state index in [1.807, 2.05) is 0 Å².